The Balaban J connectivity index is 1.91. The van der Waals surface area contributed by atoms with Gasteiger partial charge in [-0.1, -0.05) is 19.8 Å². The summed E-state index contributed by atoms with van der Waals surface area (Å²) in [7, 11) is 1.81. The molecule has 2 atom stereocenters. The van der Waals surface area contributed by atoms with Gasteiger partial charge in [0.1, 0.15) is 0 Å². The molecule has 0 aromatic rings. The van der Waals surface area contributed by atoms with E-state index in [1.807, 2.05) is 7.11 Å². The standard InChI is InChI=1S/C14H29NO2/c1-3-4-5-9-15-10-11-17-14-8-6-7-13(12-14)16-2/h13-15H,3-12H2,1-2H3. The molecule has 3 nitrogen and oxygen atoms in total. The molecule has 102 valence electrons. The third kappa shape index (κ3) is 7.02. The Morgan fingerprint density at radius 2 is 1.94 bits per heavy atom. The molecule has 17 heavy (non-hydrogen) atoms. The predicted octanol–water partition coefficient (Wildman–Crippen LogP) is 2.74. The molecule has 0 heterocycles. The highest BCUT2D eigenvalue weighted by Crippen LogP contribution is 2.22. The number of rotatable bonds is 9. The Bertz CT molecular complexity index is 176. The summed E-state index contributed by atoms with van der Waals surface area (Å²) >= 11 is 0. The molecule has 0 amide bonds. The second kappa shape index (κ2) is 9.86. The molecule has 1 N–H and O–H groups in total. The molecule has 1 aliphatic rings. The van der Waals surface area contributed by atoms with Gasteiger partial charge in [-0.25, -0.2) is 0 Å². The molecule has 0 spiro atoms. The van der Waals surface area contributed by atoms with Crippen molar-refractivity contribution in [3.63, 3.8) is 0 Å². The molecule has 2 unspecified atom stereocenters. The number of hydrogen-bond donors (Lipinski definition) is 1. The van der Waals surface area contributed by atoms with E-state index in [1.165, 1.54) is 38.5 Å². The molecule has 1 saturated carbocycles. The van der Waals surface area contributed by atoms with Gasteiger partial charge in [0.2, 0.25) is 0 Å². The fraction of sp³-hybridized carbons (Fsp3) is 1.00. The van der Waals surface area contributed by atoms with Gasteiger partial charge in [0, 0.05) is 13.7 Å². The van der Waals surface area contributed by atoms with Crippen LogP contribution in [0.2, 0.25) is 0 Å². The van der Waals surface area contributed by atoms with Crippen molar-refractivity contribution in [3.8, 4) is 0 Å². The van der Waals surface area contributed by atoms with Crippen LogP contribution in [-0.4, -0.2) is 39.0 Å². The van der Waals surface area contributed by atoms with Crippen LogP contribution in [0, 0.1) is 0 Å². The Morgan fingerprint density at radius 3 is 2.71 bits per heavy atom. The molecule has 1 fully saturated rings. The minimum Gasteiger partial charge on any atom is -0.381 e. The number of nitrogens with one attached hydrogen (secondary N) is 1. The van der Waals surface area contributed by atoms with E-state index in [-0.39, 0.29) is 0 Å². The summed E-state index contributed by atoms with van der Waals surface area (Å²) < 4.78 is 11.3. The van der Waals surface area contributed by atoms with E-state index in [1.54, 1.807) is 0 Å². The van der Waals surface area contributed by atoms with Crippen molar-refractivity contribution < 1.29 is 9.47 Å². The van der Waals surface area contributed by atoms with Crippen LogP contribution in [0.1, 0.15) is 51.9 Å². The van der Waals surface area contributed by atoms with Crippen molar-refractivity contribution in [3.05, 3.63) is 0 Å². The van der Waals surface area contributed by atoms with Gasteiger partial charge >= 0.3 is 0 Å². The molecule has 0 radical (unpaired) electrons. The van der Waals surface area contributed by atoms with Crippen molar-refractivity contribution in [1.29, 1.82) is 0 Å². The van der Waals surface area contributed by atoms with Gasteiger partial charge in [0.05, 0.1) is 18.8 Å². The van der Waals surface area contributed by atoms with Crippen LogP contribution in [0.15, 0.2) is 0 Å². The Labute approximate surface area is 106 Å². The highest BCUT2D eigenvalue weighted by molar-refractivity contribution is 4.73. The van der Waals surface area contributed by atoms with Crippen molar-refractivity contribution >= 4 is 0 Å². The van der Waals surface area contributed by atoms with Crippen LogP contribution in [0.3, 0.4) is 0 Å². The normalized spacial score (nSPS) is 25.1. The second-order valence-electron chi connectivity index (χ2n) is 4.97. The number of unbranched alkanes of at least 4 members (excludes halogenated alkanes) is 2. The maximum Gasteiger partial charge on any atom is 0.0600 e. The summed E-state index contributed by atoms with van der Waals surface area (Å²) in [6.45, 7) is 5.19. The molecule has 3 heteroatoms. The SMILES string of the molecule is CCCCCNCCOC1CCCC(OC)C1. The van der Waals surface area contributed by atoms with Gasteiger partial charge in [-0.2, -0.15) is 0 Å². The lowest BCUT2D eigenvalue weighted by atomic mass is 9.95. The van der Waals surface area contributed by atoms with Crippen LogP contribution >= 0.6 is 0 Å². The van der Waals surface area contributed by atoms with Gasteiger partial charge in [-0.3, -0.25) is 0 Å². The minimum absolute atomic E-state index is 0.422. The zero-order valence-corrected chi connectivity index (χ0v) is 11.5. The number of hydrogen-bond acceptors (Lipinski definition) is 3. The maximum atomic E-state index is 5.88. The zero-order valence-electron chi connectivity index (χ0n) is 11.5. The average Bonchev–Trinajstić information content (AvgIpc) is 2.38. The number of ether oxygens (including phenoxy) is 2. The molecule has 1 rings (SSSR count). The van der Waals surface area contributed by atoms with E-state index < -0.39 is 0 Å². The van der Waals surface area contributed by atoms with Crippen LogP contribution in [0.4, 0.5) is 0 Å². The highest BCUT2D eigenvalue weighted by atomic mass is 16.5. The van der Waals surface area contributed by atoms with Crippen molar-refractivity contribution in [2.45, 2.75) is 64.1 Å². The van der Waals surface area contributed by atoms with E-state index in [4.69, 9.17) is 9.47 Å². The van der Waals surface area contributed by atoms with Gasteiger partial charge in [0.25, 0.3) is 0 Å². The summed E-state index contributed by atoms with van der Waals surface area (Å²) in [6, 6.07) is 0. The monoisotopic (exact) mass is 243 g/mol. The first-order valence-electron chi connectivity index (χ1n) is 7.22. The van der Waals surface area contributed by atoms with E-state index in [9.17, 15) is 0 Å². The summed E-state index contributed by atoms with van der Waals surface area (Å²) in [6.07, 6.45) is 9.47. The topological polar surface area (TPSA) is 30.5 Å². The Hall–Kier alpha value is -0.120. The van der Waals surface area contributed by atoms with Crippen LogP contribution in [0.5, 0.6) is 0 Å². The van der Waals surface area contributed by atoms with Crippen molar-refractivity contribution in [1.82, 2.24) is 5.32 Å². The van der Waals surface area contributed by atoms with Gasteiger partial charge in [0.15, 0.2) is 0 Å². The number of methoxy groups -OCH3 is 1. The molecular formula is C14H29NO2. The zero-order chi connectivity index (χ0) is 12.3. The lowest BCUT2D eigenvalue weighted by molar-refractivity contribution is -0.0281. The smallest absolute Gasteiger partial charge is 0.0600 e. The quantitative estimate of drug-likeness (QED) is 0.632. The second-order valence-corrected chi connectivity index (χ2v) is 4.97. The first kappa shape index (κ1) is 14.9. The van der Waals surface area contributed by atoms with E-state index in [2.05, 4.69) is 12.2 Å². The first-order valence-corrected chi connectivity index (χ1v) is 7.22. The largest absolute Gasteiger partial charge is 0.381 e. The molecule has 0 saturated heterocycles. The predicted molar refractivity (Wildman–Crippen MR) is 71.4 cm³/mol. The third-order valence-electron chi connectivity index (χ3n) is 3.50. The van der Waals surface area contributed by atoms with Crippen LogP contribution in [-0.2, 0) is 9.47 Å². The van der Waals surface area contributed by atoms with Gasteiger partial charge < -0.3 is 14.8 Å². The molecule has 0 aromatic carbocycles. The van der Waals surface area contributed by atoms with Crippen molar-refractivity contribution in [2.75, 3.05) is 26.8 Å². The summed E-state index contributed by atoms with van der Waals surface area (Å²) in [5.74, 6) is 0. The third-order valence-corrected chi connectivity index (χ3v) is 3.50. The summed E-state index contributed by atoms with van der Waals surface area (Å²) in [4.78, 5) is 0. The Morgan fingerprint density at radius 1 is 1.12 bits per heavy atom. The molecule has 0 bridgehead atoms. The Kier molecular flexibility index (Phi) is 8.67. The van der Waals surface area contributed by atoms with Crippen molar-refractivity contribution in [2.24, 2.45) is 0 Å². The van der Waals surface area contributed by atoms with E-state index >= 15 is 0 Å². The fourth-order valence-corrected chi connectivity index (χ4v) is 2.39. The van der Waals surface area contributed by atoms with Crippen LogP contribution < -0.4 is 5.32 Å². The van der Waals surface area contributed by atoms with Gasteiger partial charge in [-0.05, 0) is 38.6 Å². The average molecular weight is 243 g/mol. The minimum atomic E-state index is 0.422. The van der Waals surface area contributed by atoms with Crippen LogP contribution in [0.25, 0.3) is 0 Å². The van der Waals surface area contributed by atoms with E-state index in [0.29, 0.717) is 12.2 Å². The highest BCUT2D eigenvalue weighted by Gasteiger charge is 2.21. The van der Waals surface area contributed by atoms with E-state index in [0.717, 1.165) is 26.1 Å². The molecular weight excluding hydrogens is 214 g/mol. The molecule has 1 aliphatic carbocycles. The maximum absolute atomic E-state index is 5.88. The fourth-order valence-electron chi connectivity index (χ4n) is 2.39. The molecule has 0 aromatic heterocycles. The summed E-state index contributed by atoms with van der Waals surface area (Å²) in [5.41, 5.74) is 0. The lowest BCUT2D eigenvalue weighted by Gasteiger charge is -2.28. The lowest BCUT2D eigenvalue weighted by Crippen LogP contribution is -2.30. The first-order chi connectivity index (χ1) is 8.36. The molecule has 0 aliphatic heterocycles. The summed E-state index contributed by atoms with van der Waals surface area (Å²) in [5, 5.41) is 3.43. The van der Waals surface area contributed by atoms with Gasteiger partial charge in [-0.15, -0.1) is 0 Å².